The fraction of sp³-hybridized carbons (Fsp3) is 0.636. The van der Waals surface area contributed by atoms with E-state index in [0.29, 0.717) is 28.7 Å². The van der Waals surface area contributed by atoms with Gasteiger partial charge in [0.25, 0.3) is 0 Å². The molecule has 2 aliphatic heterocycles. The van der Waals surface area contributed by atoms with Crippen molar-refractivity contribution in [1.29, 1.82) is 0 Å². The van der Waals surface area contributed by atoms with Crippen molar-refractivity contribution in [3.05, 3.63) is 35.9 Å². The molecule has 2 heterocycles. The standard InChI is InChI=1S/C22H28N2O2S/c25-21(14-27-18-8-4-5-9-18)23-12-17-10-16(23)13-24(17)22(26)20-11-19(20)15-6-2-1-3-7-15/h1-3,6-7,16-20H,4-5,8-14H2/t16?,17?,19-,20?/m1/s1. The molecule has 1 aromatic carbocycles. The van der Waals surface area contributed by atoms with Gasteiger partial charge >= 0.3 is 0 Å². The highest BCUT2D eigenvalue weighted by atomic mass is 32.2. The van der Waals surface area contributed by atoms with Crippen molar-refractivity contribution >= 4 is 23.6 Å². The molecule has 144 valence electrons. The maximum absolute atomic E-state index is 13.0. The lowest BCUT2D eigenvalue weighted by molar-refractivity contribution is -0.139. The summed E-state index contributed by atoms with van der Waals surface area (Å²) >= 11 is 1.85. The lowest BCUT2D eigenvalue weighted by atomic mass is 10.1. The van der Waals surface area contributed by atoms with Gasteiger partial charge in [-0.25, -0.2) is 0 Å². The molecule has 2 aliphatic carbocycles. The van der Waals surface area contributed by atoms with Gasteiger partial charge in [-0.05, 0) is 37.2 Å². The molecular weight excluding hydrogens is 356 g/mol. The summed E-state index contributed by atoms with van der Waals surface area (Å²) in [6.45, 7) is 1.50. The second-order valence-electron chi connectivity index (χ2n) is 8.66. The van der Waals surface area contributed by atoms with E-state index in [0.717, 1.165) is 25.9 Å². The van der Waals surface area contributed by atoms with Crippen LogP contribution in [-0.4, -0.2) is 57.8 Å². The summed E-state index contributed by atoms with van der Waals surface area (Å²) in [5, 5.41) is 0.691. The number of nitrogens with zero attached hydrogens (tertiary/aromatic N) is 2. The Labute approximate surface area is 165 Å². The van der Waals surface area contributed by atoms with Gasteiger partial charge in [-0.2, -0.15) is 0 Å². The summed E-state index contributed by atoms with van der Waals surface area (Å²) in [7, 11) is 0. The first-order chi connectivity index (χ1) is 13.2. The van der Waals surface area contributed by atoms with Gasteiger partial charge in [-0.1, -0.05) is 43.2 Å². The third-order valence-electron chi connectivity index (χ3n) is 6.92. The van der Waals surface area contributed by atoms with Crippen molar-refractivity contribution in [1.82, 2.24) is 9.80 Å². The van der Waals surface area contributed by atoms with Crippen LogP contribution in [0.3, 0.4) is 0 Å². The predicted molar refractivity (Wildman–Crippen MR) is 108 cm³/mol. The largest absolute Gasteiger partial charge is 0.336 e. The van der Waals surface area contributed by atoms with Gasteiger partial charge in [0.05, 0.1) is 17.8 Å². The number of rotatable bonds is 5. The molecule has 2 saturated carbocycles. The van der Waals surface area contributed by atoms with E-state index >= 15 is 0 Å². The molecule has 0 radical (unpaired) electrons. The minimum absolute atomic E-state index is 0.161. The van der Waals surface area contributed by atoms with Crippen LogP contribution in [0.5, 0.6) is 0 Å². The molecule has 2 saturated heterocycles. The summed E-state index contributed by atoms with van der Waals surface area (Å²) in [6, 6.07) is 10.9. The molecular formula is C22H28N2O2S. The molecule has 4 atom stereocenters. The summed E-state index contributed by atoms with van der Waals surface area (Å²) < 4.78 is 0. The average molecular weight is 385 g/mol. The van der Waals surface area contributed by atoms with Gasteiger partial charge in [-0.3, -0.25) is 9.59 Å². The maximum atomic E-state index is 13.0. The molecule has 3 unspecified atom stereocenters. The number of fused-ring (bicyclic) bond motifs is 2. The van der Waals surface area contributed by atoms with E-state index in [1.54, 1.807) is 0 Å². The summed E-state index contributed by atoms with van der Waals surface area (Å²) in [4.78, 5) is 29.8. The number of hydrogen-bond acceptors (Lipinski definition) is 3. The van der Waals surface area contributed by atoms with Crippen LogP contribution in [0.15, 0.2) is 30.3 Å². The summed E-state index contributed by atoms with van der Waals surface area (Å²) in [5.41, 5.74) is 1.29. The second-order valence-corrected chi connectivity index (χ2v) is 9.95. The zero-order chi connectivity index (χ0) is 18.4. The van der Waals surface area contributed by atoms with Gasteiger partial charge < -0.3 is 9.80 Å². The Hall–Kier alpha value is -1.49. The van der Waals surface area contributed by atoms with Gasteiger partial charge in [0, 0.05) is 24.3 Å². The first-order valence-electron chi connectivity index (χ1n) is 10.5. The maximum Gasteiger partial charge on any atom is 0.232 e. The first kappa shape index (κ1) is 17.6. The van der Waals surface area contributed by atoms with E-state index in [4.69, 9.17) is 0 Å². The van der Waals surface area contributed by atoms with Crippen LogP contribution in [0, 0.1) is 5.92 Å². The van der Waals surface area contributed by atoms with Crippen LogP contribution in [0.4, 0.5) is 0 Å². The van der Waals surface area contributed by atoms with Crippen molar-refractivity contribution in [3.63, 3.8) is 0 Å². The lowest BCUT2D eigenvalue weighted by Crippen LogP contribution is -2.51. The summed E-state index contributed by atoms with van der Waals surface area (Å²) in [6.07, 6.45) is 7.16. The fourth-order valence-electron chi connectivity index (χ4n) is 5.32. The predicted octanol–water partition coefficient (Wildman–Crippen LogP) is 3.28. The van der Waals surface area contributed by atoms with Gasteiger partial charge in [0.1, 0.15) is 0 Å². The molecule has 0 spiro atoms. The third-order valence-corrected chi connectivity index (χ3v) is 8.28. The fourth-order valence-corrected chi connectivity index (χ4v) is 6.53. The molecule has 27 heavy (non-hydrogen) atoms. The van der Waals surface area contributed by atoms with Crippen molar-refractivity contribution in [2.24, 2.45) is 5.92 Å². The minimum Gasteiger partial charge on any atom is -0.336 e. The van der Waals surface area contributed by atoms with Crippen molar-refractivity contribution < 1.29 is 9.59 Å². The SMILES string of the molecule is O=C(CSC1CCCC1)N1CC2CC1CN2C(=O)C1C[C@@H]1c1ccccc1. The van der Waals surface area contributed by atoms with Crippen LogP contribution >= 0.6 is 11.8 Å². The number of likely N-dealkylation sites (tertiary alicyclic amines) is 2. The van der Waals surface area contributed by atoms with E-state index < -0.39 is 0 Å². The molecule has 5 heteroatoms. The van der Waals surface area contributed by atoms with Gasteiger partial charge in [0.15, 0.2) is 0 Å². The zero-order valence-electron chi connectivity index (χ0n) is 15.8. The van der Waals surface area contributed by atoms with Crippen molar-refractivity contribution in [2.75, 3.05) is 18.8 Å². The number of thioether (sulfide) groups is 1. The quantitative estimate of drug-likeness (QED) is 0.782. The van der Waals surface area contributed by atoms with Crippen LogP contribution < -0.4 is 0 Å². The summed E-state index contributed by atoms with van der Waals surface area (Å²) in [5.74, 6) is 1.80. The highest BCUT2D eigenvalue weighted by Crippen LogP contribution is 2.49. The van der Waals surface area contributed by atoms with Crippen molar-refractivity contribution in [3.8, 4) is 0 Å². The van der Waals surface area contributed by atoms with E-state index in [1.165, 1.54) is 31.2 Å². The molecule has 4 aliphatic rings. The normalized spacial score (nSPS) is 32.3. The van der Waals surface area contributed by atoms with Crippen molar-refractivity contribution in [2.45, 2.75) is 61.8 Å². The van der Waals surface area contributed by atoms with Gasteiger partial charge in [0.2, 0.25) is 11.8 Å². The molecule has 4 nitrogen and oxygen atoms in total. The number of benzene rings is 1. The Kier molecular flexibility index (Phi) is 4.66. The monoisotopic (exact) mass is 384 g/mol. The minimum atomic E-state index is 0.161. The number of hydrogen-bond donors (Lipinski definition) is 0. The molecule has 2 amide bonds. The molecule has 5 rings (SSSR count). The molecule has 0 aromatic heterocycles. The van der Waals surface area contributed by atoms with Crippen LogP contribution in [0.25, 0.3) is 0 Å². The third kappa shape index (κ3) is 3.39. The van der Waals surface area contributed by atoms with Gasteiger partial charge in [-0.15, -0.1) is 11.8 Å². The highest BCUT2D eigenvalue weighted by Gasteiger charge is 2.52. The topological polar surface area (TPSA) is 40.6 Å². The van der Waals surface area contributed by atoms with E-state index in [1.807, 2.05) is 17.8 Å². The molecule has 0 N–H and O–H groups in total. The Balaban J connectivity index is 1.13. The number of carbonyl (C=O) groups is 2. The van der Waals surface area contributed by atoms with E-state index in [-0.39, 0.29) is 18.0 Å². The molecule has 1 aromatic rings. The Morgan fingerprint density at radius 3 is 2.37 bits per heavy atom. The Morgan fingerprint density at radius 1 is 0.963 bits per heavy atom. The molecule has 2 bridgehead atoms. The lowest BCUT2D eigenvalue weighted by Gasteiger charge is -2.34. The zero-order valence-corrected chi connectivity index (χ0v) is 16.6. The molecule has 4 fully saturated rings. The number of carbonyl (C=O) groups excluding carboxylic acids is 2. The highest BCUT2D eigenvalue weighted by molar-refractivity contribution is 8.00. The number of piperazine rings is 1. The first-order valence-corrected chi connectivity index (χ1v) is 11.5. The average Bonchev–Trinajstić information content (AvgIpc) is 3.05. The van der Waals surface area contributed by atoms with Crippen LogP contribution in [0.2, 0.25) is 0 Å². The smallest absolute Gasteiger partial charge is 0.232 e. The van der Waals surface area contributed by atoms with Crippen LogP contribution in [0.1, 0.15) is 50.0 Å². The van der Waals surface area contributed by atoms with E-state index in [9.17, 15) is 9.59 Å². The number of amides is 2. The Morgan fingerprint density at radius 2 is 1.67 bits per heavy atom. The van der Waals surface area contributed by atoms with E-state index in [2.05, 4.69) is 34.1 Å². The second kappa shape index (κ2) is 7.16. The van der Waals surface area contributed by atoms with Crippen LogP contribution in [-0.2, 0) is 9.59 Å². The Bertz CT molecular complexity index is 718.